The molecule has 0 amide bonds. The monoisotopic (exact) mass is 348 g/mol. The van der Waals surface area contributed by atoms with Crippen LogP contribution in [-0.4, -0.2) is 29.0 Å². The van der Waals surface area contributed by atoms with E-state index in [0.29, 0.717) is 22.9 Å². The van der Waals surface area contributed by atoms with Crippen molar-refractivity contribution >= 4 is 11.6 Å². The summed E-state index contributed by atoms with van der Waals surface area (Å²) in [4.78, 5) is 9.68. The van der Waals surface area contributed by atoms with E-state index in [1.165, 1.54) is 24.1 Å². The second-order valence-corrected chi connectivity index (χ2v) is 8.69. The van der Waals surface area contributed by atoms with Crippen LogP contribution in [0.3, 0.4) is 0 Å². The Hall–Kier alpha value is -0.710. The predicted octanol–water partition coefficient (Wildman–Crippen LogP) is 4.00. The normalized spacial score (nSPS) is 37.3. The maximum atomic E-state index is 6.57. The predicted molar refractivity (Wildman–Crippen MR) is 91.2 cm³/mol. The summed E-state index contributed by atoms with van der Waals surface area (Å²) in [5, 5.41) is 0.697. The number of fused-ring (bicyclic) bond motifs is 3. The van der Waals surface area contributed by atoms with Gasteiger partial charge in [0, 0.05) is 29.2 Å². The summed E-state index contributed by atoms with van der Waals surface area (Å²) in [6, 6.07) is 0. The molecule has 2 heterocycles. The minimum Gasteiger partial charge on any atom is -0.347 e. The molecule has 130 valence electrons. The van der Waals surface area contributed by atoms with Crippen LogP contribution in [-0.2, 0) is 21.3 Å². The van der Waals surface area contributed by atoms with Gasteiger partial charge in [0.1, 0.15) is 11.0 Å². The van der Waals surface area contributed by atoms with Crippen LogP contribution in [0.4, 0.5) is 0 Å². The molecule has 24 heavy (non-hydrogen) atoms. The second-order valence-electron chi connectivity index (χ2n) is 8.33. The number of hydrogen-bond acceptors (Lipinski definition) is 4. The van der Waals surface area contributed by atoms with Crippen LogP contribution in [0.1, 0.15) is 69.0 Å². The zero-order valence-corrected chi connectivity index (χ0v) is 15.2. The summed E-state index contributed by atoms with van der Waals surface area (Å²) in [5.41, 5.74) is 2.47. The molecule has 2 saturated carbocycles. The van der Waals surface area contributed by atoms with Gasteiger partial charge in [0.15, 0.2) is 5.79 Å². The third kappa shape index (κ3) is 2.06. The van der Waals surface area contributed by atoms with E-state index in [-0.39, 0.29) is 11.2 Å². The van der Waals surface area contributed by atoms with E-state index in [2.05, 4.69) is 18.8 Å². The van der Waals surface area contributed by atoms with E-state index < -0.39 is 0 Å². The number of ether oxygens (including phenoxy) is 2. The zero-order valence-electron chi connectivity index (χ0n) is 14.5. The molecule has 0 radical (unpaired) electrons. The minimum atomic E-state index is -0.363. The Morgan fingerprint density at radius 1 is 1.08 bits per heavy atom. The van der Waals surface area contributed by atoms with Crippen molar-refractivity contribution in [3.05, 3.63) is 22.2 Å². The van der Waals surface area contributed by atoms with E-state index >= 15 is 0 Å². The van der Waals surface area contributed by atoms with Crippen LogP contribution in [0.15, 0.2) is 0 Å². The summed E-state index contributed by atoms with van der Waals surface area (Å²) >= 11 is 6.57. The van der Waals surface area contributed by atoms with Crippen molar-refractivity contribution in [3.63, 3.8) is 0 Å². The fourth-order valence-electron chi connectivity index (χ4n) is 5.44. The van der Waals surface area contributed by atoms with Gasteiger partial charge >= 0.3 is 0 Å². The lowest BCUT2D eigenvalue weighted by molar-refractivity contribution is -0.234. The lowest BCUT2D eigenvalue weighted by Gasteiger charge is -2.54. The highest BCUT2D eigenvalue weighted by molar-refractivity contribution is 6.30. The van der Waals surface area contributed by atoms with Crippen molar-refractivity contribution in [2.45, 2.75) is 69.5 Å². The summed E-state index contributed by atoms with van der Waals surface area (Å²) < 4.78 is 12.2. The topological polar surface area (TPSA) is 44.2 Å². The molecular weight excluding hydrogens is 324 g/mol. The van der Waals surface area contributed by atoms with Crippen LogP contribution in [0.5, 0.6) is 0 Å². The molecule has 0 bridgehead atoms. The summed E-state index contributed by atoms with van der Waals surface area (Å²) in [7, 11) is 0. The van der Waals surface area contributed by atoms with E-state index in [1.54, 1.807) is 0 Å². The molecule has 0 unspecified atom stereocenters. The van der Waals surface area contributed by atoms with Crippen LogP contribution in [0, 0.1) is 11.8 Å². The first-order valence-electron chi connectivity index (χ1n) is 9.38. The second kappa shape index (κ2) is 5.15. The molecule has 3 aliphatic carbocycles. The minimum absolute atomic E-state index is 0.0593. The van der Waals surface area contributed by atoms with Crippen LogP contribution in [0.25, 0.3) is 0 Å². The number of aromatic nitrogens is 2. The molecule has 0 N–H and O–H groups in total. The molecule has 5 rings (SSSR count). The Morgan fingerprint density at radius 2 is 1.83 bits per heavy atom. The van der Waals surface area contributed by atoms with Crippen LogP contribution >= 0.6 is 11.6 Å². The maximum Gasteiger partial charge on any atom is 0.171 e. The van der Waals surface area contributed by atoms with E-state index in [0.717, 1.165) is 44.7 Å². The van der Waals surface area contributed by atoms with Gasteiger partial charge < -0.3 is 9.47 Å². The average molecular weight is 349 g/mol. The smallest absolute Gasteiger partial charge is 0.171 e. The van der Waals surface area contributed by atoms with Gasteiger partial charge in [-0.1, -0.05) is 25.4 Å². The average Bonchev–Trinajstić information content (AvgIpc) is 3.31. The third-order valence-corrected chi connectivity index (χ3v) is 7.36. The largest absolute Gasteiger partial charge is 0.347 e. The SMILES string of the molecule is C[C@H]1[C@@H]2CCc3c(Cl)nc(C4CC4)nc3[C@@]2(C)CCC12OCCO2. The van der Waals surface area contributed by atoms with E-state index in [9.17, 15) is 0 Å². The Balaban J connectivity index is 1.58. The van der Waals surface area contributed by atoms with E-state index in [4.69, 9.17) is 26.1 Å². The number of nitrogens with zero attached hydrogens (tertiary/aromatic N) is 2. The summed E-state index contributed by atoms with van der Waals surface area (Å²) in [6.45, 7) is 6.14. The number of rotatable bonds is 1. The standard InChI is InChI=1S/C19H25ClN2O2/c1-11-14-6-5-13-15(21-17(12-3-4-12)22-16(13)20)18(14,2)7-8-19(11)23-9-10-24-19/h11-12,14H,3-10H2,1-2H3/t11-,14-,18-/m0/s1. The first-order valence-corrected chi connectivity index (χ1v) is 9.76. The highest BCUT2D eigenvalue weighted by Gasteiger charge is 2.57. The fraction of sp³-hybridized carbons (Fsp3) is 0.789. The molecule has 3 fully saturated rings. The van der Waals surface area contributed by atoms with Gasteiger partial charge in [-0.15, -0.1) is 0 Å². The molecule has 1 aromatic rings. The van der Waals surface area contributed by atoms with Crippen molar-refractivity contribution in [3.8, 4) is 0 Å². The van der Waals surface area contributed by atoms with Gasteiger partial charge in [-0.05, 0) is 38.0 Å². The Bertz CT molecular complexity index is 684. The summed E-state index contributed by atoms with van der Waals surface area (Å²) in [6.07, 6.45) is 6.49. The molecule has 1 spiro atoms. The van der Waals surface area contributed by atoms with Crippen molar-refractivity contribution < 1.29 is 9.47 Å². The maximum absolute atomic E-state index is 6.57. The molecule has 0 aromatic carbocycles. The van der Waals surface area contributed by atoms with Gasteiger partial charge in [0.25, 0.3) is 0 Å². The van der Waals surface area contributed by atoms with Crippen molar-refractivity contribution in [2.24, 2.45) is 11.8 Å². The van der Waals surface area contributed by atoms with Crippen LogP contribution < -0.4 is 0 Å². The summed E-state index contributed by atoms with van der Waals surface area (Å²) in [5.74, 6) is 2.05. The Labute approximate surface area is 148 Å². The fourth-order valence-corrected chi connectivity index (χ4v) is 5.71. The Morgan fingerprint density at radius 3 is 2.54 bits per heavy atom. The molecule has 1 aliphatic heterocycles. The first kappa shape index (κ1) is 15.5. The van der Waals surface area contributed by atoms with Gasteiger partial charge in [-0.25, -0.2) is 9.97 Å². The molecule has 4 aliphatic rings. The van der Waals surface area contributed by atoms with Gasteiger partial charge in [0.05, 0.1) is 18.9 Å². The van der Waals surface area contributed by atoms with Crippen LogP contribution in [0.2, 0.25) is 5.15 Å². The lowest BCUT2D eigenvalue weighted by Crippen LogP contribution is -2.55. The van der Waals surface area contributed by atoms with Crippen molar-refractivity contribution in [2.75, 3.05) is 13.2 Å². The molecule has 1 saturated heterocycles. The third-order valence-electron chi connectivity index (χ3n) is 7.05. The van der Waals surface area contributed by atoms with Gasteiger partial charge in [-0.2, -0.15) is 0 Å². The molecular formula is C19H25ClN2O2. The van der Waals surface area contributed by atoms with Gasteiger partial charge in [0.2, 0.25) is 0 Å². The van der Waals surface area contributed by atoms with Crippen molar-refractivity contribution in [1.82, 2.24) is 9.97 Å². The van der Waals surface area contributed by atoms with Gasteiger partial charge in [-0.3, -0.25) is 0 Å². The first-order chi connectivity index (χ1) is 11.5. The zero-order chi connectivity index (χ0) is 16.5. The highest BCUT2D eigenvalue weighted by Crippen LogP contribution is 2.57. The molecule has 1 aromatic heterocycles. The quantitative estimate of drug-likeness (QED) is 0.719. The number of halogens is 1. The number of hydrogen-bond donors (Lipinski definition) is 0. The lowest BCUT2D eigenvalue weighted by atomic mass is 9.55. The van der Waals surface area contributed by atoms with Crippen molar-refractivity contribution in [1.29, 1.82) is 0 Å². The Kier molecular flexibility index (Phi) is 3.33. The molecule has 5 heteroatoms. The highest BCUT2D eigenvalue weighted by atomic mass is 35.5. The van der Waals surface area contributed by atoms with E-state index in [1.807, 2.05) is 0 Å². The molecule has 3 atom stereocenters. The molecule has 4 nitrogen and oxygen atoms in total.